The van der Waals surface area contributed by atoms with Crippen LogP contribution in [-0.4, -0.2) is 20.8 Å². The number of nitrogens with zero attached hydrogens (tertiary/aromatic N) is 3. The SMILES string of the molecule is CCc1nc2n(n1)C[C@H](NCc1cc3ccccc3o1)CC2. The van der Waals surface area contributed by atoms with Crippen molar-refractivity contribution < 1.29 is 4.42 Å². The number of aryl methyl sites for hydroxylation is 2. The molecule has 0 unspecified atom stereocenters. The first-order valence-corrected chi connectivity index (χ1v) is 7.95. The highest BCUT2D eigenvalue weighted by molar-refractivity contribution is 5.77. The molecule has 1 N–H and O–H groups in total. The van der Waals surface area contributed by atoms with Crippen molar-refractivity contribution >= 4 is 11.0 Å². The first kappa shape index (κ1) is 13.5. The van der Waals surface area contributed by atoms with Crippen LogP contribution in [0.25, 0.3) is 11.0 Å². The van der Waals surface area contributed by atoms with Crippen molar-refractivity contribution in [2.24, 2.45) is 0 Å². The molecule has 2 aromatic heterocycles. The van der Waals surface area contributed by atoms with Crippen LogP contribution in [0.15, 0.2) is 34.7 Å². The summed E-state index contributed by atoms with van der Waals surface area (Å²) in [6.07, 6.45) is 2.99. The van der Waals surface area contributed by atoms with Crippen LogP contribution in [-0.2, 0) is 25.9 Å². The minimum absolute atomic E-state index is 0.423. The maximum absolute atomic E-state index is 5.85. The van der Waals surface area contributed by atoms with Crippen LogP contribution in [0.5, 0.6) is 0 Å². The highest BCUT2D eigenvalue weighted by atomic mass is 16.3. The summed E-state index contributed by atoms with van der Waals surface area (Å²) in [7, 11) is 0. The predicted octanol–water partition coefficient (Wildman–Crippen LogP) is 2.69. The normalized spacial score (nSPS) is 17.8. The van der Waals surface area contributed by atoms with Gasteiger partial charge in [0.05, 0.1) is 13.1 Å². The number of fused-ring (bicyclic) bond motifs is 2. The Kier molecular flexibility index (Phi) is 3.42. The molecule has 1 aromatic carbocycles. The van der Waals surface area contributed by atoms with Gasteiger partial charge in [0, 0.05) is 24.3 Å². The van der Waals surface area contributed by atoms with Crippen LogP contribution in [0.2, 0.25) is 0 Å². The van der Waals surface area contributed by atoms with E-state index in [1.165, 1.54) is 0 Å². The molecule has 0 saturated carbocycles. The number of furan rings is 1. The fraction of sp³-hybridized carbons (Fsp3) is 0.412. The molecule has 0 saturated heterocycles. The molecule has 0 amide bonds. The van der Waals surface area contributed by atoms with E-state index >= 15 is 0 Å². The first-order chi connectivity index (χ1) is 10.8. The predicted molar refractivity (Wildman–Crippen MR) is 84.6 cm³/mol. The Morgan fingerprint density at radius 1 is 1.36 bits per heavy atom. The Morgan fingerprint density at radius 2 is 2.27 bits per heavy atom. The quantitative estimate of drug-likeness (QED) is 0.804. The molecule has 3 heterocycles. The van der Waals surface area contributed by atoms with E-state index in [-0.39, 0.29) is 0 Å². The molecule has 1 aliphatic heterocycles. The van der Waals surface area contributed by atoms with E-state index in [1.54, 1.807) is 0 Å². The lowest BCUT2D eigenvalue weighted by Crippen LogP contribution is -2.37. The number of aromatic nitrogens is 3. The van der Waals surface area contributed by atoms with Crippen molar-refractivity contribution in [2.75, 3.05) is 0 Å². The summed E-state index contributed by atoms with van der Waals surface area (Å²) in [6, 6.07) is 10.7. The molecule has 1 aliphatic rings. The molecule has 114 valence electrons. The fourth-order valence-electron chi connectivity index (χ4n) is 3.05. The lowest BCUT2D eigenvalue weighted by atomic mass is 10.1. The zero-order chi connectivity index (χ0) is 14.9. The van der Waals surface area contributed by atoms with E-state index in [1.807, 2.05) is 18.2 Å². The molecule has 0 radical (unpaired) electrons. The van der Waals surface area contributed by atoms with Gasteiger partial charge in [0.15, 0.2) is 5.82 Å². The smallest absolute Gasteiger partial charge is 0.150 e. The largest absolute Gasteiger partial charge is 0.460 e. The van der Waals surface area contributed by atoms with Gasteiger partial charge in [-0.1, -0.05) is 25.1 Å². The Balaban J connectivity index is 1.42. The topological polar surface area (TPSA) is 55.9 Å². The van der Waals surface area contributed by atoms with Crippen molar-refractivity contribution in [1.29, 1.82) is 0 Å². The Bertz CT molecular complexity index is 756. The van der Waals surface area contributed by atoms with Gasteiger partial charge in [0.25, 0.3) is 0 Å². The lowest BCUT2D eigenvalue weighted by Gasteiger charge is -2.23. The highest BCUT2D eigenvalue weighted by Crippen LogP contribution is 2.19. The summed E-state index contributed by atoms with van der Waals surface area (Å²) in [5.74, 6) is 3.06. The third-order valence-corrected chi connectivity index (χ3v) is 4.26. The van der Waals surface area contributed by atoms with Crippen LogP contribution < -0.4 is 5.32 Å². The van der Waals surface area contributed by atoms with Crippen molar-refractivity contribution in [2.45, 2.75) is 45.3 Å². The Morgan fingerprint density at radius 3 is 3.14 bits per heavy atom. The van der Waals surface area contributed by atoms with Crippen LogP contribution >= 0.6 is 0 Å². The molecular weight excluding hydrogens is 276 g/mol. The molecule has 4 rings (SSSR count). The fourth-order valence-corrected chi connectivity index (χ4v) is 3.05. The van der Waals surface area contributed by atoms with E-state index in [0.29, 0.717) is 6.04 Å². The Labute approximate surface area is 129 Å². The zero-order valence-electron chi connectivity index (χ0n) is 12.7. The van der Waals surface area contributed by atoms with Crippen molar-refractivity contribution in [1.82, 2.24) is 20.1 Å². The maximum atomic E-state index is 5.85. The maximum Gasteiger partial charge on any atom is 0.150 e. The molecule has 1 atom stereocenters. The van der Waals surface area contributed by atoms with E-state index in [9.17, 15) is 0 Å². The second-order valence-electron chi connectivity index (χ2n) is 5.85. The average molecular weight is 296 g/mol. The number of rotatable bonds is 4. The van der Waals surface area contributed by atoms with Gasteiger partial charge in [-0.05, 0) is 18.6 Å². The third kappa shape index (κ3) is 2.52. The molecule has 5 nitrogen and oxygen atoms in total. The lowest BCUT2D eigenvalue weighted by molar-refractivity contribution is 0.346. The summed E-state index contributed by atoms with van der Waals surface area (Å²) in [5, 5.41) is 9.30. The number of nitrogens with one attached hydrogen (secondary N) is 1. The summed E-state index contributed by atoms with van der Waals surface area (Å²) >= 11 is 0. The van der Waals surface area contributed by atoms with Crippen molar-refractivity contribution in [3.05, 3.63) is 47.7 Å². The molecule has 0 aliphatic carbocycles. The third-order valence-electron chi connectivity index (χ3n) is 4.26. The van der Waals surface area contributed by atoms with Crippen molar-refractivity contribution in [3.8, 4) is 0 Å². The minimum atomic E-state index is 0.423. The van der Waals surface area contributed by atoms with Gasteiger partial charge in [-0.25, -0.2) is 9.67 Å². The molecule has 22 heavy (non-hydrogen) atoms. The van der Waals surface area contributed by atoms with E-state index < -0.39 is 0 Å². The second kappa shape index (κ2) is 5.57. The molecule has 0 spiro atoms. The molecule has 3 aromatic rings. The monoisotopic (exact) mass is 296 g/mol. The van der Waals surface area contributed by atoms with Gasteiger partial charge in [-0.15, -0.1) is 0 Å². The van der Waals surface area contributed by atoms with Gasteiger partial charge >= 0.3 is 0 Å². The molecule has 0 bridgehead atoms. The van der Waals surface area contributed by atoms with Gasteiger partial charge < -0.3 is 9.73 Å². The van der Waals surface area contributed by atoms with Gasteiger partial charge in [0.2, 0.25) is 0 Å². The minimum Gasteiger partial charge on any atom is -0.460 e. The number of benzene rings is 1. The van der Waals surface area contributed by atoms with E-state index in [2.05, 4.69) is 39.1 Å². The summed E-state index contributed by atoms with van der Waals surface area (Å²) in [5.41, 5.74) is 0.953. The number of hydrogen-bond acceptors (Lipinski definition) is 4. The molecule has 0 fully saturated rings. The van der Waals surface area contributed by atoms with Crippen LogP contribution in [0.3, 0.4) is 0 Å². The standard InChI is InChI=1S/C17H20N4O/c1-2-16-19-17-8-7-13(11-21(17)20-16)18-10-14-9-12-5-3-4-6-15(12)22-14/h3-6,9,13,18H,2,7-8,10-11H2,1H3/t13-/m1/s1. The summed E-state index contributed by atoms with van der Waals surface area (Å²) in [6.45, 7) is 3.74. The number of hydrogen-bond donors (Lipinski definition) is 1. The van der Waals surface area contributed by atoms with Gasteiger partial charge in [0.1, 0.15) is 17.2 Å². The molecular formula is C17H20N4O. The highest BCUT2D eigenvalue weighted by Gasteiger charge is 2.21. The Hall–Kier alpha value is -2.14. The van der Waals surface area contributed by atoms with Crippen molar-refractivity contribution in [3.63, 3.8) is 0 Å². The zero-order valence-corrected chi connectivity index (χ0v) is 12.7. The summed E-state index contributed by atoms with van der Waals surface area (Å²) in [4.78, 5) is 4.56. The van der Waals surface area contributed by atoms with Gasteiger partial charge in [-0.2, -0.15) is 5.10 Å². The first-order valence-electron chi connectivity index (χ1n) is 7.95. The van der Waals surface area contributed by atoms with Gasteiger partial charge in [-0.3, -0.25) is 0 Å². The summed E-state index contributed by atoms with van der Waals surface area (Å²) < 4.78 is 7.91. The second-order valence-corrected chi connectivity index (χ2v) is 5.85. The van der Waals surface area contributed by atoms with Crippen LogP contribution in [0, 0.1) is 0 Å². The molecule has 5 heteroatoms. The number of para-hydroxylation sites is 1. The van der Waals surface area contributed by atoms with E-state index in [0.717, 1.165) is 60.7 Å². The average Bonchev–Trinajstić information content (AvgIpc) is 3.15. The van der Waals surface area contributed by atoms with Crippen LogP contribution in [0.4, 0.5) is 0 Å². The van der Waals surface area contributed by atoms with E-state index in [4.69, 9.17) is 4.42 Å². The van der Waals surface area contributed by atoms with Crippen LogP contribution in [0.1, 0.15) is 30.8 Å².